The third-order valence-electron chi connectivity index (χ3n) is 1.40. The summed E-state index contributed by atoms with van der Waals surface area (Å²) in [6, 6.07) is 1.04. The van der Waals surface area contributed by atoms with Gasteiger partial charge in [0.1, 0.15) is 5.75 Å². The van der Waals surface area contributed by atoms with Crippen LogP contribution in [0.3, 0.4) is 0 Å². The Balaban J connectivity index is 3.00. The molecule has 2 nitrogen and oxygen atoms in total. The lowest BCUT2D eigenvalue weighted by Gasteiger charge is -2.08. The zero-order valence-corrected chi connectivity index (χ0v) is 7.15. The van der Waals surface area contributed by atoms with E-state index in [1.54, 1.807) is 0 Å². The summed E-state index contributed by atoms with van der Waals surface area (Å²) in [5, 5.41) is 0. The van der Waals surface area contributed by atoms with Crippen molar-refractivity contribution in [3.8, 4) is 11.5 Å². The maximum Gasteiger partial charge on any atom is 0.387 e. The molecule has 0 saturated carbocycles. The van der Waals surface area contributed by atoms with E-state index in [1.165, 1.54) is 0 Å². The second kappa shape index (κ2) is 4.81. The normalized spacial score (nSPS) is 10.5. The molecule has 1 rings (SSSR count). The Bertz CT molecular complexity index is 342. The smallest absolute Gasteiger partial charge is 0.387 e. The van der Waals surface area contributed by atoms with Crippen molar-refractivity contribution in [2.75, 3.05) is 6.86 Å². The molecule has 0 saturated heterocycles. The van der Waals surface area contributed by atoms with E-state index >= 15 is 0 Å². The van der Waals surface area contributed by atoms with Gasteiger partial charge in [0.2, 0.25) is 12.7 Å². The molecule has 0 aliphatic heterocycles. The molecule has 0 heterocycles. The molecule has 1 aromatic rings. The van der Waals surface area contributed by atoms with Crippen molar-refractivity contribution in [1.82, 2.24) is 0 Å². The minimum atomic E-state index is -3.19. The molecule has 1 aromatic carbocycles. The Kier molecular flexibility index (Phi) is 3.70. The van der Waals surface area contributed by atoms with E-state index in [0.29, 0.717) is 12.1 Å². The van der Waals surface area contributed by atoms with Gasteiger partial charge in [-0.25, -0.2) is 8.78 Å². The molecule has 0 aliphatic rings. The van der Waals surface area contributed by atoms with Crippen molar-refractivity contribution in [2.45, 2.75) is 6.61 Å². The maximum absolute atomic E-state index is 12.8. The minimum Gasteiger partial charge on any atom is -0.460 e. The summed E-state index contributed by atoms with van der Waals surface area (Å²) in [6.45, 7) is -4.60. The molecule has 84 valence electrons. The third kappa shape index (κ3) is 2.97. The Morgan fingerprint density at radius 2 is 1.87 bits per heavy atom. The van der Waals surface area contributed by atoms with E-state index in [2.05, 4.69) is 9.47 Å². The summed E-state index contributed by atoms with van der Waals surface area (Å²) in [7, 11) is 0. The van der Waals surface area contributed by atoms with E-state index in [-0.39, 0.29) is 0 Å². The molecule has 0 amide bonds. The van der Waals surface area contributed by atoms with Crippen molar-refractivity contribution in [3.05, 3.63) is 23.8 Å². The average molecular weight is 228 g/mol. The quantitative estimate of drug-likeness (QED) is 0.737. The highest BCUT2D eigenvalue weighted by molar-refractivity contribution is 5.35. The molecule has 0 aliphatic carbocycles. The van der Waals surface area contributed by atoms with Crippen molar-refractivity contribution in [1.29, 1.82) is 0 Å². The van der Waals surface area contributed by atoms with Crippen molar-refractivity contribution < 1.29 is 31.4 Å². The van der Waals surface area contributed by atoms with Crippen LogP contribution in [0, 0.1) is 11.6 Å². The van der Waals surface area contributed by atoms with E-state index in [0.717, 1.165) is 0 Å². The lowest BCUT2D eigenvalue weighted by Crippen LogP contribution is -2.04. The summed E-state index contributed by atoms with van der Waals surface area (Å²) >= 11 is 0. The first-order valence-corrected chi connectivity index (χ1v) is 3.67. The lowest BCUT2D eigenvalue weighted by atomic mass is 10.3. The van der Waals surface area contributed by atoms with Crippen LogP contribution in [0.2, 0.25) is 0 Å². The number of hydrogen-bond acceptors (Lipinski definition) is 2. The molecule has 0 aromatic heterocycles. The summed E-state index contributed by atoms with van der Waals surface area (Å²) < 4.78 is 68.5. The molecule has 15 heavy (non-hydrogen) atoms. The van der Waals surface area contributed by atoms with E-state index < -0.39 is 36.6 Å². The minimum absolute atomic E-state index is 0.409. The number of benzene rings is 1. The summed E-state index contributed by atoms with van der Waals surface area (Å²) in [5.74, 6) is -4.40. The number of ether oxygens (including phenoxy) is 2. The van der Waals surface area contributed by atoms with Crippen molar-refractivity contribution >= 4 is 0 Å². The van der Waals surface area contributed by atoms with Crippen LogP contribution < -0.4 is 9.47 Å². The molecular formula is C8H5F5O2. The largest absolute Gasteiger partial charge is 0.460 e. The Hall–Kier alpha value is -1.53. The fraction of sp³-hybridized carbons (Fsp3) is 0.250. The molecule has 0 unspecified atom stereocenters. The molecule has 0 fully saturated rings. The molecule has 0 spiro atoms. The molecule has 0 bridgehead atoms. The lowest BCUT2D eigenvalue weighted by molar-refractivity contribution is -0.0502. The molecule has 0 radical (unpaired) electrons. The van der Waals surface area contributed by atoms with Gasteiger partial charge in [0, 0.05) is 12.1 Å². The van der Waals surface area contributed by atoms with Crippen LogP contribution in [-0.4, -0.2) is 13.5 Å². The third-order valence-corrected chi connectivity index (χ3v) is 1.40. The molecule has 7 heteroatoms. The van der Waals surface area contributed by atoms with Crippen molar-refractivity contribution in [3.63, 3.8) is 0 Å². The number of alkyl halides is 3. The summed E-state index contributed by atoms with van der Waals surface area (Å²) in [4.78, 5) is 0. The Labute approximate surface area is 81.2 Å². The second-order valence-corrected chi connectivity index (χ2v) is 2.35. The zero-order chi connectivity index (χ0) is 11.4. The molecular weight excluding hydrogens is 223 g/mol. The maximum atomic E-state index is 12.8. The monoisotopic (exact) mass is 228 g/mol. The van der Waals surface area contributed by atoms with Gasteiger partial charge in [-0.3, -0.25) is 0 Å². The first-order chi connectivity index (χ1) is 7.04. The van der Waals surface area contributed by atoms with Gasteiger partial charge in [0.15, 0.2) is 11.6 Å². The first-order valence-electron chi connectivity index (χ1n) is 3.67. The van der Waals surface area contributed by atoms with Crippen LogP contribution in [0.4, 0.5) is 22.0 Å². The fourth-order valence-electron chi connectivity index (χ4n) is 0.875. The first kappa shape index (κ1) is 11.5. The highest BCUT2D eigenvalue weighted by Crippen LogP contribution is 2.27. The van der Waals surface area contributed by atoms with Crippen LogP contribution in [0.5, 0.6) is 11.5 Å². The number of rotatable bonds is 4. The SMILES string of the molecule is FCOc1cc(OC(F)F)cc(F)c1F. The Morgan fingerprint density at radius 3 is 2.40 bits per heavy atom. The van der Waals surface area contributed by atoms with Gasteiger partial charge in [0.25, 0.3) is 0 Å². The zero-order valence-electron chi connectivity index (χ0n) is 7.15. The second-order valence-electron chi connectivity index (χ2n) is 2.35. The predicted molar refractivity (Wildman–Crippen MR) is 39.6 cm³/mol. The van der Waals surface area contributed by atoms with Gasteiger partial charge in [-0.2, -0.15) is 13.2 Å². The van der Waals surface area contributed by atoms with E-state index in [9.17, 15) is 22.0 Å². The van der Waals surface area contributed by atoms with E-state index in [1.807, 2.05) is 0 Å². The summed E-state index contributed by atoms with van der Waals surface area (Å²) in [6.07, 6.45) is 0. The van der Waals surface area contributed by atoms with Crippen LogP contribution >= 0.6 is 0 Å². The molecule has 0 atom stereocenters. The van der Waals surface area contributed by atoms with Gasteiger partial charge >= 0.3 is 6.61 Å². The van der Waals surface area contributed by atoms with Gasteiger partial charge in [-0.05, 0) is 0 Å². The predicted octanol–water partition coefficient (Wildman–Crippen LogP) is 2.87. The van der Waals surface area contributed by atoms with Gasteiger partial charge in [-0.1, -0.05) is 0 Å². The number of halogens is 5. The summed E-state index contributed by atoms with van der Waals surface area (Å²) in [5.41, 5.74) is 0. The highest BCUT2D eigenvalue weighted by atomic mass is 19.3. The highest BCUT2D eigenvalue weighted by Gasteiger charge is 2.15. The fourth-order valence-corrected chi connectivity index (χ4v) is 0.875. The van der Waals surface area contributed by atoms with Gasteiger partial charge in [0.05, 0.1) is 0 Å². The van der Waals surface area contributed by atoms with Crippen LogP contribution in [0.25, 0.3) is 0 Å². The van der Waals surface area contributed by atoms with Gasteiger partial charge in [-0.15, -0.1) is 0 Å². The van der Waals surface area contributed by atoms with Crippen LogP contribution in [-0.2, 0) is 0 Å². The van der Waals surface area contributed by atoms with E-state index in [4.69, 9.17) is 0 Å². The Morgan fingerprint density at radius 1 is 1.20 bits per heavy atom. The topological polar surface area (TPSA) is 18.5 Å². The van der Waals surface area contributed by atoms with Gasteiger partial charge < -0.3 is 9.47 Å². The van der Waals surface area contributed by atoms with Crippen LogP contribution in [0.1, 0.15) is 0 Å². The standard InChI is InChI=1S/C8H5F5O2/c9-3-14-6-2-4(15-8(12)13)1-5(10)7(6)11/h1-2,8H,3H2. The van der Waals surface area contributed by atoms with Crippen LogP contribution in [0.15, 0.2) is 12.1 Å². The average Bonchev–Trinajstić information content (AvgIpc) is 2.12. The molecule has 0 N–H and O–H groups in total. The number of hydrogen-bond donors (Lipinski definition) is 0. The van der Waals surface area contributed by atoms with Crippen molar-refractivity contribution in [2.24, 2.45) is 0 Å².